The highest BCUT2D eigenvalue weighted by Crippen LogP contribution is 2.17. The normalized spacial score (nSPS) is 11.8. The van der Waals surface area contributed by atoms with E-state index in [2.05, 4.69) is 51.7 Å². The Morgan fingerprint density at radius 3 is 2.80 bits per heavy atom. The fraction of sp³-hybridized carbons (Fsp3) is 0.438. The summed E-state index contributed by atoms with van der Waals surface area (Å²) in [5.74, 6) is 1.25. The van der Waals surface area contributed by atoms with Gasteiger partial charge in [0.2, 0.25) is 0 Å². The zero-order chi connectivity index (χ0) is 16.9. The zero-order valence-electron chi connectivity index (χ0n) is 14.5. The number of thiazole rings is 2. The largest absolute Gasteiger partial charge is 0.357 e. The molecule has 3 heterocycles. The number of imidazole rings is 1. The van der Waals surface area contributed by atoms with Crippen LogP contribution < -0.4 is 10.6 Å². The van der Waals surface area contributed by atoms with E-state index >= 15 is 0 Å². The molecule has 0 aliphatic heterocycles. The Balaban J connectivity index is 0.00000225. The van der Waals surface area contributed by atoms with Crippen molar-refractivity contribution >= 4 is 57.6 Å². The number of aliphatic imine (C=N–C) groups is 1. The molecule has 0 aromatic carbocycles. The van der Waals surface area contributed by atoms with Gasteiger partial charge in [0, 0.05) is 29.7 Å². The molecule has 25 heavy (non-hydrogen) atoms. The van der Waals surface area contributed by atoms with Gasteiger partial charge < -0.3 is 10.6 Å². The highest BCUT2D eigenvalue weighted by atomic mass is 127. The van der Waals surface area contributed by atoms with Gasteiger partial charge in [0.15, 0.2) is 10.9 Å². The van der Waals surface area contributed by atoms with Crippen LogP contribution in [0.1, 0.15) is 43.1 Å². The van der Waals surface area contributed by atoms with E-state index in [1.807, 2.05) is 22.2 Å². The molecule has 0 bridgehead atoms. The minimum absolute atomic E-state index is 0. The molecule has 3 aromatic heterocycles. The standard InChI is InChI=1S/C16H22N6S2.HI/c1-4-17-15(19-8-14-21-13(10-24-14)11(2)3)18-7-12-9-22-5-6-23-16(22)20-12;/h5-6,9-11H,4,7-8H2,1-3H3,(H2,17,18,19);1H. The van der Waals surface area contributed by atoms with Gasteiger partial charge in [0.25, 0.3) is 0 Å². The van der Waals surface area contributed by atoms with Gasteiger partial charge in [0.05, 0.1) is 24.5 Å². The van der Waals surface area contributed by atoms with E-state index in [4.69, 9.17) is 0 Å². The van der Waals surface area contributed by atoms with Crippen LogP contribution in [-0.2, 0) is 13.1 Å². The van der Waals surface area contributed by atoms with Gasteiger partial charge in [-0.1, -0.05) is 13.8 Å². The second-order valence-corrected chi connectivity index (χ2v) is 7.51. The maximum atomic E-state index is 4.64. The molecular formula is C16H23IN6S2. The molecule has 9 heteroatoms. The second-order valence-electron chi connectivity index (χ2n) is 5.69. The molecule has 6 nitrogen and oxygen atoms in total. The van der Waals surface area contributed by atoms with Gasteiger partial charge in [-0.2, -0.15) is 0 Å². The molecule has 2 N–H and O–H groups in total. The summed E-state index contributed by atoms with van der Waals surface area (Å²) in [6, 6.07) is 0. The SMILES string of the molecule is CCNC(=NCc1cn2ccsc2n1)NCc1nc(C(C)C)cs1.I. The summed E-state index contributed by atoms with van der Waals surface area (Å²) in [6.07, 6.45) is 4.03. The van der Waals surface area contributed by atoms with E-state index in [1.165, 1.54) is 0 Å². The van der Waals surface area contributed by atoms with E-state index < -0.39 is 0 Å². The third-order valence-electron chi connectivity index (χ3n) is 3.45. The first-order valence-corrected chi connectivity index (χ1v) is 9.79. The molecule has 0 aliphatic carbocycles. The quantitative estimate of drug-likeness (QED) is 0.313. The molecule has 0 spiro atoms. The highest BCUT2D eigenvalue weighted by molar-refractivity contribution is 14.0. The van der Waals surface area contributed by atoms with E-state index in [0.717, 1.165) is 33.9 Å². The first-order valence-electron chi connectivity index (χ1n) is 8.03. The van der Waals surface area contributed by atoms with Crippen molar-refractivity contribution < 1.29 is 0 Å². The van der Waals surface area contributed by atoms with Crippen LogP contribution in [0.3, 0.4) is 0 Å². The Morgan fingerprint density at radius 1 is 1.28 bits per heavy atom. The van der Waals surface area contributed by atoms with Gasteiger partial charge in [-0.25, -0.2) is 15.0 Å². The molecule has 0 radical (unpaired) electrons. The van der Waals surface area contributed by atoms with Crippen LogP contribution in [0, 0.1) is 0 Å². The van der Waals surface area contributed by atoms with Crippen LogP contribution in [0.25, 0.3) is 4.96 Å². The van der Waals surface area contributed by atoms with Crippen LogP contribution in [0.15, 0.2) is 28.1 Å². The molecule has 0 aliphatic rings. The Bertz CT molecular complexity index is 791. The molecule has 3 rings (SSSR count). The van der Waals surface area contributed by atoms with Crippen molar-refractivity contribution in [3.05, 3.63) is 39.5 Å². The summed E-state index contributed by atoms with van der Waals surface area (Å²) in [5.41, 5.74) is 2.12. The van der Waals surface area contributed by atoms with Crippen molar-refractivity contribution in [2.75, 3.05) is 6.54 Å². The zero-order valence-corrected chi connectivity index (χ0v) is 18.5. The third-order valence-corrected chi connectivity index (χ3v) is 5.09. The minimum atomic E-state index is 0. The summed E-state index contributed by atoms with van der Waals surface area (Å²) in [5, 5.41) is 11.8. The minimum Gasteiger partial charge on any atom is -0.357 e. The Hall–Kier alpha value is -1.20. The number of hydrogen-bond acceptors (Lipinski definition) is 5. The summed E-state index contributed by atoms with van der Waals surface area (Å²) in [4.78, 5) is 14.8. The lowest BCUT2D eigenvalue weighted by atomic mass is 10.2. The Kier molecular flexibility index (Phi) is 7.63. The van der Waals surface area contributed by atoms with Crippen molar-refractivity contribution in [3.8, 4) is 0 Å². The van der Waals surface area contributed by atoms with Gasteiger partial charge in [-0.3, -0.25) is 4.40 Å². The third kappa shape index (κ3) is 5.38. The first kappa shape index (κ1) is 20.1. The van der Waals surface area contributed by atoms with Gasteiger partial charge in [0.1, 0.15) is 5.01 Å². The highest BCUT2D eigenvalue weighted by Gasteiger charge is 2.07. The Labute approximate surface area is 172 Å². The van der Waals surface area contributed by atoms with Crippen molar-refractivity contribution in [1.29, 1.82) is 0 Å². The number of nitrogens with zero attached hydrogens (tertiary/aromatic N) is 4. The summed E-state index contributed by atoms with van der Waals surface area (Å²) >= 11 is 3.32. The molecule has 0 amide bonds. The van der Waals surface area contributed by atoms with Crippen LogP contribution >= 0.6 is 46.7 Å². The molecule has 0 saturated heterocycles. The maximum Gasteiger partial charge on any atom is 0.193 e. The van der Waals surface area contributed by atoms with Crippen molar-refractivity contribution in [1.82, 2.24) is 25.0 Å². The molecule has 0 atom stereocenters. The lowest BCUT2D eigenvalue weighted by Crippen LogP contribution is -2.36. The molecule has 3 aromatic rings. The summed E-state index contributed by atoms with van der Waals surface area (Å²) < 4.78 is 2.03. The molecule has 0 saturated carbocycles. The molecule has 0 fully saturated rings. The fourth-order valence-electron chi connectivity index (χ4n) is 2.18. The van der Waals surface area contributed by atoms with E-state index in [-0.39, 0.29) is 24.0 Å². The van der Waals surface area contributed by atoms with E-state index in [9.17, 15) is 0 Å². The maximum absolute atomic E-state index is 4.64. The van der Waals surface area contributed by atoms with E-state index in [1.54, 1.807) is 22.7 Å². The number of guanidine groups is 1. The summed E-state index contributed by atoms with van der Waals surface area (Å²) in [6.45, 7) is 8.44. The average molecular weight is 490 g/mol. The van der Waals surface area contributed by atoms with Gasteiger partial charge >= 0.3 is 0 Å². The van der Waals surface area contributed by atoms with Crippen molar-refractivity contribution in [2.24, 2.45) is 4.99 Å². The molecule has 0 unspecified atom stereocenters. The van der Waals surface area contributed by atoms with E-state index in [0.29, 0.717) is 19.0 Å². The lowest BCUT2D eigenvalue weighted by molar-refractivity contribution is 0.787. The smallest absolute Gasteiger partial charge is 0.193 e. The lowest BCUT2D eigenvalue weighted by Gasteiger charge is -2.09. The molecular weight excluding hydrogens is 467 g/mol. The number of halogens is 1. The van der Waals surface area contributed by atoms with Crippen LogP contribution in [0.5, 0.6) is 0 Å². The monoisotopic (exact) mass is 490 g/mol. The van der Waals surface area contributed by atoms with Gasteiger partial charge in [-0.05, 0) is 12.8 Å². The predicted octanol–water partition coefficient (Wildman–Crippen LogP) is 3.85. The fourth-order valence-corrected chi connectivity index (χ4v) is 3.80. The Morgan fingerprint density at radius 2 is 2.12 bits per heavy atom. The van der Waals surface area contributed by atoms with Gasteiger partial charge in [-0.15, -0.1) is 46.7 Å². The van der Waals surface area contributed by atoms with Crippen LogP contribution in [0.4, 0.5) is 0 Å². The number of aromatic nitrogens is 3. The van der Waals surface area contributed by atoms with Crippen molar-refractivity contribution in [3.63, 3.8) is 0 Å². The first-order chi connectivity index (χ1) is 11.7. The van der Waals surface area contributed by atoms with Crippen LogP contribution in [-0.4, -0.2) is 26.9 Å². The number of rotatable bonds is 6. The topological polar surface area (TPSA) is 66.6 Å². The predicted molar refractivity (Wildman–Crippen MR) is 116 cm³/mol. The second kappa shape index (κ2) is 9.48. The number of nitrogens with one attached hydrogen (secondary N) is 2. The van der Waals surface area contributed by atoms with Crippen LogP contribution in [0.2, 0.25) is 0 Å². The average Bonchev–Trinajstić information content (AvgIpc) is 3.25. The number of hydrogen-bond donors (Lipinski definition) is 2. The van der Waals surface area contributed by atoms with Crippen molar-refractivity contribution in [2.45, 2.75) is 39.8 Å². The summed E-state index contributed by atoms with van der Waals surface area (Å²) in [7, 11) is 0. The molecule has 136 valence electrons. The number of fused-ring (bicyclic) bond motifs is 1.